The predicted molar refractivity (Wildman–Crippen MR) is 102 cm³/mol. The van der Waals surface area contributed by atoms with Gasteiger partial charge in [0, 0.05) is 22.3 Å². The van der Waals surface area contributed by atoms with Crippen molar-refractivity contribution in [3.05, 3.63) is 67.6 Å². The molecule has 3 rings (SSSR count). The van der Waals surface area contributed by atoms with Gasteiger partial charge < -0.3 is 10.2 Å². The van der Waals surface area contributed by atoms with Crippen LogP contribution in [0.3, 0.4) is 0 Å². The summed E-state index contributed by atoms with van der Waals surface area (Å²) in [6.45, 7) is 0. The topological polar surface area (TPSA) is 57.5 Å². The van der Waals surface area contributed by atoms with Gasteiger partial charge in [0.2, 0.25) is 0 Å². The quantitative estimate of drug-likeness (QED) is 0.599. The smallest absolute Gasteiger partial charge is 0.185 e. The van der Waals surface area contributed by atoms with E-state index >= 15 is 0 Å². The molecule has 1 fully saturated rings. The minimum absolute atomic E-state index is 0.0475. The summed E-state index contributed by atoms with van der Waals surface area (Å²) in [5, 5.41) is 20.1. The Morgan fingerprint density at radius 3 is 1.62 bits per heavy atom. The zero-order chi connectivity index (χ0) is 17.3. The average molecular weight is 450 g/mol. The van der Waals surface area contributed by atoms with Crippen molar-refractivity contribution in [2.75, 3.05) is 0 Å². The van der Waals surface area contributed by atoms with Gasteiger partial charge in [-0.2, -0.15) is 0 Å². The number of para-hydroxylation sites is 2. The normalized spacial score (nSPS) is 17.8. The molecule has 2 aromatic rings. The lowest BCUT2D eigenvalue weighted by molar-refractivity contribution is -0.111. The van der Waals surface area contributed by atoms with Crippen molar-refractivity contribution in [2.45, 2.75) is 12.8 Å². The largest absolute Gasteiger partial charge is 0.506 e. The molecular formula is C19H14Br2O3. The molecule has 0 spiro atoms. The van der Waals surface area contributed by atoms with Crippen LogP contribution in [-0.4, -0.2) is 16.0 Å². The number of aromatic hydroxyl groups is 2. The third-order valence-corrected chi connectivity index (χ3v) is 5.22. The van der Waals surface area contributed by atoms with E-state index in [1.54, 1.807) is 36.4 Å². The number of phenols is 2. The Balaban J connectivity index is 1.93. The lowest BCUT2D eigenvalue weighted by atomic mass is 10.1. The van der Waals surface area contributed by atoms with Crippen LogP contribution in [0.15, 0.2) is 56.5 Å². The van der Waals surface area contributed by atoms with Gasteiger partial charge in [-0.25, -0.2) is 0 Å². The van der Waals surface area contributed by atoms with Gasteiger partial charge in [-0.1, -0.05) is 24.3 Å². The Bertz CT molecular complexity index is 811. The van der Waals surface area contributed by atoms with E-state index in [2.05, 4.69) is 31.9 Å². The molecular weight excluding hydrogens is 436 g/mol. The number of halogens is 2. The highest BCUT2D eigenvalue weighted by molar-refractivity contribution is 9.10. The van der Waals surface area contributed by atoms with Crippen LogP contribution in [0, 0.1) is 0 Å². The highest BCUT2D eigenvalue weighted by Crippen LogP contribution is 2.35. The van der Waals surface area contributed by atoms with Crippen LogP contribution >= 0.6 is 31.9 Å². The standard InChI is InChI=1S/C19H14Br2O3/c20-15-5-1-3-11(18(15)23)9-13-7-8-14(17(13)22)10-12-4-2-6-16(21)19(12)24/h1-6,9-10,23-24H,7-8H2/b13-9+,14-10+. The summed E-state index contributed by atoms with van der Waals surface area (Å²) < 4.78 is 1.19. The maximum absolute atomic E-state index is 12.6. The average Bonchev–Trinajstić information content (AvgIpc) is 2.89. The van der Waals surface area contributed by atoms with Gasteiger partial charge in [0.25, 0.3) is 0 Å². The number of allylic oxidation sites excluding steroid dienone is 2. The number of Topliss-reactive ketones (excluding diaryl/α,β-unsaturated/α-hetero) is 1. The molecule has 24 heavy (non-hydrogen) atoms. The molecule has 0 atom stereocenters. The van der Waals surface area contributed by atoms with Crippen LogP contribution in [0.4, 0.5) is 0 Å². The molecule has 0 unspecified atom stereocenters. The van der Waals surface area contributed by atoms with E-state index in [1.807, 2.05) is 12.1 Å². The number of carbonyl (C=O) groups is 1. The van der Waals surface area contributed by atoms with Crippen molar-refractivity contribution in [3.63, 3.8) is 0 Å². The van der Waals surface area contributed by atoms with Crippen molar-refractivity contribution in [1.82, 2.24) is 0 Å². The monoisotopic (exact) mass is 448 g/mol. The Hall–Kier alpha value is -1.85. The molecule has 0 aromatic heterocycles. The third kappa shape index (κ3) is 3.32. The van der Waals surface area contributed by atoms with E-state index in [4.69, 9.17) is 0 Å². The van der Waals surface area contributed by atoms with Crippen molar-refractivity contribution in [1.29, 1.82) is 0 Å². The highest BCUT2D eigenvalue weighted by Gasteiger charge is 2.24. The summed E-state index contributed by atoms with van der Waals surface area (Å²) in [5.74, 6) is 0.202. The molecule has 0 aliphatic heterocycles. The van der Waals surface area contributed by atoms with Crippen LogP contribution in [0.2, 0.25) is 0 Å². The van der Waals surface area contributed by atoms with Crippen molar-refractivity contribution in [3.8, 4) is 11.5 Å². The van der Waals surface area contributed by atoms with Gasteiger partial charge in [0.15, 0.2) is 5.78 Å². The Labute approximate surface area is 156 Å². The summed E-state index contributed by atoms with van der Waals surface area (Å²) in [7, 11) is 0. The lowest BCUT2D eigenvalue weighted by Crippen LogP contribution is -1.96. The van der Waals surface area contributed by atoms with Gasteiger partial charge in [0.05, 0.1) is 8.95 Å². The van der Waals surface area contributed by atoms with E-state index < -0.39 is 0 Å². The Morgan fingerprint density at radius 2 is 1.21 bits per heavy atom. The molecule has 0 bridgehead atoms. The molecule has 0 radical (unpaired) electrons. The summed E-state index contributed by atoms with van der Waals surface area (Å²) in [6.07, 6.45) is 4.69. The second kappa shape index (κ2) is 6.95. The van der Waals surface area contributed by atoms with E-state index in [1.165, 1.54) is 0 Å². The summed E-state index contributed by atoms with van der Waals surface area (Å²) in [6, 6.07) is 10.6. The first-order valence-corrected chi connectivity index (χ1v) is 8.97. The molecule has 0 saturated heterocycles. The molecule has 3 nitrogen and oxygen atoms in total. The van der Waals surface area contributed by atoms with Crippen molar-refractivity contribution < 1.29 is 15.0 Å². The lowest BCUT2D eigenvalue weighted by Gasteiger charge is -2.03. The van der Waals surface area contributed by atoms with Crippen molar-refractivity contribution >= 4 is 49.8 Å². The minimum Gasteiger partial charge on any atom is -0.506 e. The molecule has 1 aliphatic carbocycles. The van der Waals surface area contributed by atoms with Crippen LogP contribution in [-0.2, 0) is 4.79 Å². The van der Waals surface area contributed by atoms with Crippen LogP contribution in [0.1, 0.15) is 24.0 Å². The first kappa shape index (κ1) is 17.0. The minimum atomic E-state index is -0.0475. The molecule has 2 aromatic carbocycles. The van der Waals surface area contributed by atoms with Crippen molar-refractivity contribution in [2.24, 2.45) is 0 Å². The van der Waals surface area contributed by atoms with Crippen LogP contribution < -0.4 is 0 Å². The maximum Gasteiger partial charge on any atom is 0.185 e. The van der Waals surface area contributed by atoms with Gasteiger partial charge in [-0.15, -0.1) is 0 Å². The first-order chi connectivity index (χ1) is 11.5. The zero-order valence-corrected chi connectivity index (χ0v) is 15.8. The van der Waals surface area contributed by atoms with E-state index in [-0.39, 0.29) is 17.3 Å². The molecule has 5 heteroatoms. The molecule has 1 saturated carbocycles. The Kier molecular flexibility index (Phi) is 4.92. The van der Waals surface area contributed by atoms with E-state index in [0.717, 1.165) is 0 Å². The molecule has 0 amide bonds. The number of phenolic OH excluding ortho intramolecular Hbond substituents is 2. The predicted octanol–water partition coefficient (Wildman–Crippen LogP) is 5.45. The molecule has 0 heterocycles. The highest BCUT2D eigenvalue weighted by atomic mass is 79.9. The summed E-state index contributed by atoms with van der Waals surface area (Å²) in [4.78, 5) is 12.6. The fourth-order valence-corrected chi connectivity index (χ4v) is 3.41. The second-order valence-electron chi connectivity index (χ2n) is 5.52. The molecule has 1 aliphatic rings. The number of ketones is 1. The van der Waals surface area contributed by atoms with Gasteiger partial charge in [0.1, 0.15) is 11.5 Å². The molecule has 122 valence electrons. The fourth-order valence-electron chi connectivity index (χ4n) is 2.65. The van der Waals surface area contributed by atoms with E-state index in [9.17, 15) is 15.0 Å². The number of benzene rings is 2. The maximum atomic E-state index is 12.6. The number of carbonyl (C=O) groups excluding carboxylic acids is 1. The SMILES string of the molecule is O=C1/C(=C/c2cccc(Br)c2O)CC/C1=C\c1cccc(Br)c1O. The number of hydrogen-bond acceptors (Lipinski definition) is 3. The zero-order valence-electron chi connectivity index (χ0n) is 12.6. The van der Waals surface area contributed by atoms with Gasteiger partial charge in [-0.3, -0.25) is 4.79 Å². The second-order valence-corrected chi connectivity index (χ2v) is 7.23. The summed E-state index contributed by atoms with van der Waals surface area (Å²) >= 11 is 6.55. The van der Waals surface area contributed by atoms with E-state index in [0.29, 0.717) is 44.1 Å². The van der Waals surface area contributed by atoms with Gasteiger partial charge in [-0.05, 0) is 69.0 Å². The van der Waals surface area contributed by atoms with Crippen LogP contribution in [0.25, 0.3) is 12.2 Å². The number of hydrogen-bond donors (Lipinski definition) is 2. The fraction of sp³-hybridized carbons (Fsp3) is 0.105. The Morgan fingerprint density at radius 1 is 0.792 bits per heavy atom. The number of rotatable bonds is 2. The molecule has 2 N–H and O–H groups in total. The van der Waals surface area contributed by atoms with Crippen LogP contribution in [0.5, 0.6) is 11.5 Å². The first-order valence-electron chi connectivity index (χ1n) is 7.38. The summed E-state index contributed by atoms with van der Waals surface area (Å²) in [5.41, 5.74) is 2.53. The van der Waals surface area contributed by atoms with Gasteiger partial charge >= 0.3 is 0 Å². The third-order valence-electron chi connectivity index (χ3n) is 3.94.